The van der Waals surface area contributed by atoms with Gasteiger partial charge in [-0.2, -0.15) is 0 Å². The summed E-state index contributed by atoms with van der Waals surface area (Å²) >= 11 is 20.3. The Hall–Kier alpha value is -10.3. The van der Waals surface area contributed by atoms with Gasteiger partial charge in [-0.25, -0.2) is 9.59 Å². The molecule has 39 heteroatoms. The third-order valence-corrected chi connectivity index (χ3v) is 20.9. The van der Waals surface area contributed by atoms with Gasteiger partial charge in [-0.15, -0.1) is 0 Å². The van der Waals surface area contributed by atoms with Crippen LogP contribution in [0.2, 0.25) is 15.1 Å². The molecule has 7 heterocycles. The summed E-state index contributed by atoms with van der Waals surface area (Å²) in [6.07, 6.45) is -21.4. The highest BCUT2D eigenvalue weighted by molar-refractivity contribution is 6.32. The first-order valence-electron chi connectivity index (χ1n) is 35.9. The SMILES string of the molecule is CN[C@H](CC(C)C)C(=O)N[C@@H]1C(=O)NC(CC(N)=O)C(=O)NC2C(=O)NC3C(=O)N[C@H](C(=O)NC(C(=O)O)c4cc(O)cc(O)c4-c4cc3ccc4O)[C@H](O)c3ccc(c(Cl)c3)Oc3cc2cc(c3OC2OC(CO)C(O)C(O)C2OC2CC(C)(NCC(OCc3ccc(Cl)cc3)C(=O)O)C(O)C(C)O2)Oc2ccc(cc2Cl)C1O. The Bertz CT molecular complexity index is 4720. The largest absolute Gasteiger partial charge is 0.508 e. The molecule has 7 aliphatic heterocycles. The van der Waals surface area contributed by atoms with Crippen molar-refractivity contribution in [1.29, 1.82) is 0 Å². The molecular formula is C76H84Cl3N9O27. The Morgan fingerprint density at radius 2 is 1.30 bits per heavy atom. The van der Waals surface area contributed by atoms with Crippen molar-refractivity contribution >= 4 is 88.1 Å². The molecule has 616 valence electrons. The first-order valence-corrected chi connectivity index (χ1v) is 37.1. The number of phenolic OH excluding ortho intramolecular Hbond substituents is 3. The van der Waals surface area contributed by atoms with Crippen LogP contribution in [0.1, 0.15) is 111 Å². The van der Waals surface area contributed by atoms with Gasteiger partial charge < -0.3 is 138 Å². The number of carboxylic acid groups (broad SMARTS) is 2. The fourth-order valence-electron chi connectivity index (χ4n) is 14.0. The smallest absolute Gasteiger partial charge is 0.334 e. The van der Waals surface area contributed by atoms with Crippen molar-refractivity contribution in [3.8, 4) is 57.1 Å². The summed E-state index contributed by atoms with van der Waals surface area (Å²) in [5.74, 6) is -17.9. The van der Waals surface area contributed by atoms with E-state index >= 15 is 14.4 Å². The molecule has 0 aromatic heterocycles. The number of benzene rings is 6. The molecule has 6 aromatic rings. The molecule has 2 fully saturated rings. The van der Waals surface area contributed by atoms with Gasteiger partial charge in [-0.1, -0.05) is 79.0 Å². The second kappa shape index (κ2) is 35.9. The van der Waals surface area contributed by atoms with E-state index in [4.69, 9.17) is 73.7 Å². The molecule has 11 bridgehead atoms. The number of primary amides is 1. The molecule has 115 heavy (non-hydrogen) atoms. The molecule has 0 spiro atoms. The lowest BCUT2D eigenvalue weighted by Crippen LogP contribution is -2.66. The van der Waals surface area contributed by atoms with E-state index in [-0.39, 0.29) is 47.8 Å². The number of phenols is 3. The molecule has 13 rings (SSSR count). The van der Waals surface area contributed by atoms with Crippen LogP contribution in [0.4, 0.5) is 0 Å². The summed E-state index contributed by atoms with van der Waals surface area (Å²) in [6.45, 7) is 4.96. The van der Waals surface area contributed by atoms with E-state index in [1.165, 1.54) is 27.0 Å². The number of hydrogen-bond acceptors (Lipinski definition) is 27. The molecule has 21 N–H and O–H groups in total. The second-order valence-electron chi connectivity index (χ2n) is 28.8. The van der Waals surface area contributed by atoms with E-state index in [0.717, 1.165) is 72.8 Å². The first-order chi connectivity index (χ1) is 54.4. The molecule has 36 nitrogen and oxygen atoms in total. The third-order valence-electron chi connectivity index (χ3n) is 20.1. The first kappa shape index (κ1) is 85.6. The van der Waals surface area contributed by atoms with Gasteiger partial charge in [-0.3, -0.25) is 33.6 Å². The number of fused-ring (bicyclic) bond motifs is 15. The van der Waals surface area contributed by atoms with E-state index in [0.29, 0.717) is 10.6 Å². The predicted octanol–water partition coefficient (Wildman–Crippen LogP) is 2.06. The molecule has 15 unspecified atom stereocenters. The zero-order valence-electron chi connectivity index (χ0n) is 61.7. The van der Waals surface area contributed by atoms with Crippen molar-refractivity contribution < 1.29 is 132 Å². The normalized spacial score (nSPS) is 27.5. The molecule has 0 saturated carbocycles. The molecule has 0 aliphatic carbocycles. The van der Waals surface area contributed by atoms with Crippen LogP contribution in [0.15, 0.2) is 103 Å². The maximum absolute atomic E-state index is 16.2. The van der Waals surface area contributed by atoms with Crippen LogP contribution < -0.4 is 62.5 Å². The van der Waals surface area contributed by atoms with Crippen LogP contribution in [-0.4, -0.2) is 215 Å². The van der Waals surface area contributed by atoms with Gasteiger partial charge in [0.05, 0.1) is 47.9 Å². The third kappa shape index (κ3) is 19.2. The van der Waals surface area contributed by atoms with Crippen LogP contribution in [0.3, 0.4) is 0 Å². The van der Waals surface area contributed by atoms with Gasteiger partial charge in [0.15, 0.2) is 36.0 Å². The van der Waals surface area contributed by atoms with Crippen molar-refractivity contribution in [2.45, 2.75) is 169 Å². The Kier molecular flexibility index (Phi) is 26.7. The van der Waals surface area contributed by atoms with E-state index in [1.54, 1.807) is 38.1 Å². The average Bonchev–Trinajstić information content (AvgIpc) is 0.766. The summed E-state index contributed by atoms with van der Waals surface area (Å²) in [5.41, 5.74) is 1.79. The van der Waals surface area contributed by atoms with Gasteiger partial charge >= 0.3 is 11.9 Å². The molecule has 2 saturated heterocycles. The molecular weight excluding hydrogens is 1580 g/mol. The Morgan fingerprint density at radius 1 is 0.687 bits per heavy atom. The highest BCUT2D eigenvalue weighted by Crippen LogP contribution is 2.50. The summed E-state index contributed by atoms with van der Waals surface area (Å²) in [6, 6.07) is 5.27. The minimum atomic E-state index is -2.40. The number of aliphatic hydroxyl groups is 6. The van der Waals surface area contributed by atoms with Gasteiger partial charge in [0.25, 0.3) is 0 Å². The number of carboxylic acids is 2. The summed E-state index contributed by atoms with van der Waals surface area (Å²) < 4.78 is 44.8. The van der Waals surface area contributed by atoms with Crippen LogP contribution >= 0.6 is 34.8 Å². The van der Waals surface area contributed by atoms with Crippen molar-refractivity contribution in [3.05, 3.63) is 152 Å². The Labute approximate surface area is 669 Å². The highest BCUT2D eigenvalue weighted by Gasteiger charge is 2.53. The van der Waals surface area contributed by atoms with Gasteiger partial charge in [-0.05, 0) is 128 Å². The van der Waals surface area contributed by atoms with Crippen molar-refractivity contribution in [1.82, 2.24) is 42.5 Å². The number of rotatable bonds is 20. The maximum Gasteiger partial charge on any atom is 0.334 e. The number of nitrogens with one attached hydrogen (secondary N) is 8. The van der Waals surface area contributed by atoms with Crippen LogP contribution in [0.25, 0.3) is 11.1 Å². The summed E-state index contributed by atoms with van der Waals surface area (Å²) in [7, 11) is 1.46. The highest BCUT2D eigenvalue weighted by atomic mass is 35.5. The summed E-state index contributed by atoms with van der Waals surface area (Å²) in [4.78, 5) is 130. The van der Waals surface area contributed by atoms with E-state index in [9.17, 15) is 84.9 Å². The number of halogens is 3. The average molecular weight is 1660 g/mol. The second-order valence-corrected chi connectivity index (χ2v) is 30.0. The number of carbonyl (C=O) groups is 9. The number of nitrogens with two attached hydrogens (primary N) is 1. The maximum atomic E-state index is 16.2. The number of likely N-dealkylation sites (N-methyl/N-ethyl adjacent to an activating group) is 1. The number of aromatic hydroxyl groups is 3. The molecule has 6 aromatic carbocycles. The van der Waals surface area contributed by atoms with E-state index in [2.05, 4.69) is 42.5 Å². The zero-order chi connectivity index (χ0) is 83.5. The van der Waals surface area contributed by atoms with Crippen LogP contribution in [0.5, 0.6) is 46.0 Å². The molecule has 19 atom stereocenters. The Morgan fingerprint density at radius 3 is 1.90 bits per heavy atom. The standard InChI is InChI=1S/C76H84Cl3N9O27/c1-29(2)16-42(81-5)67(99)87-58-60(94)33-9-14-46(40(78)18-33)111-48-20-35-21-49(64(48)115-75-65(63(97)62(96)51(27-89)113-75)114-53-25-76(4,66(98)30(3)110-53)82-26-50(73(105)106)109-28-31-6-11-36(77)12-7-31)112-47-15-10-34(19-41(47)79)61(95)59-72(104)86-57(74(107)108)39-22-37(90)23-45(92)54(39)38-17-32(8-13-44(38)91)55(69(101)88-59)85-70(102)56(35)84-68(100)43(24-52(80)93)83-71(58)103/h6-15,17-23,29-30,42-43,50-51,53,55-63,65-66,75,81-82,89-92,94-98H,16,24-28H2,1-5H3,(H2,80,93)(H,83,103)(H,84,100)(H,85,102)(H,86,104)(H,87,99)(H,88,101)(H,105,106)(H,107,108)/t30?,42-,43?,50?,51?,53?,55?,56?,57?,58+,59+,60?,61-,62?,63?,65?,66?,75?,76?/m1/s1. The van der Waals surface area contributed by atoms with Gasteiger partial charge in [0.2, 0.25) is 53.4 Å². The number of amides is 7. The fraction of sp³-hybridized carbons (Fsp3) is 0.408. The minimum absolute atomic E-state index is 0.121. The lowest BCUT2D eigenvalue weighted by Gasteiger charge is -2.48. The molecule has 0 radical (unpaired) electrons. The Balaban J connectivity index is 1.11. The number of hydrogen-bond donors (Lipinski definition) is 20. The fourth-order valence-corrected chi connectivity index (χ4v) is 14.5. The number of aliphatic carboxylic acids is 2. The number of ether oxygens (including phenoxy) is 7. The topological polar surface area (TPSA) is 563 Å². The van der Waals surface area contributed by atoms with Crippen molar-refractivity contribution in [3.63, 3.8) is 0 Å². The molecule has 7 amide bonds. The van der Waals surface area contributed by atoms with Gasteiger partial charge in [0.1, 0.15) is 89.5 Å². The lowest BCUT2D eigenvalue weighted by atomic mass is 9.84. The van der Waals surface area contributed by atoms with Gasteiger partial charge in [0, 0.05) is 46.3 Å². The number of aliphatic hydroxyl groups excluding tert-OH is 6. The minimum Gasteiger partial charge on any atom is -0.508 e. The number of carbonyl (C=O) groups excluding carboxylic acids is 7. The molecule has 7 aliphatic rings. The van der Waals surface area contributed by atoms with Crippen LogP contribution in [0, 0.1) is 5.92 Å². The zero-order valence-corrected chi connectivity index (χ0v) is 64.0. The lowest BCUT2D eigenvalue weighted by molar-refractivity contribution is -0.334. The van der Waals surface area contributed by atoms with Crippen molar-refractivity contribution in [2.24, 2.45) is 11.7 Å². The van der Waals surface area contributed by atoms with E-state index in [1.807, 2.05) is 0 Å². The van der Waals surface area contributed by atoms with E-state index < -0.39 is 261 Å². The quantitative estimate of drug-likeness (QED) is 0.0520. The summed E-state index contributed by atoms with van der Waals surface area (Å²) in [5, 5.41) is 146. The monoisotopic (exact) mass is 1660 g/mol. The predicted molar refractivity (Wildman–Crippen MR) is 401 cm³/mol. The van der Waals surface area contributed by atoms with Crippen molar-refractivity contribution in [2.75, 3.05) is 20.2 Å². The van der Waals surface area contributed by atoms with Crippen LogP contribution in [-0.2, 0) is 68.7 Å².